The third-order valence-electron chi connectivity index (χ3n) is 6.41. The molecule has 172 valence electrons. The molecule has 2 aliphatic rings. The van der Waals surface area contributed by atoms with Gasteiger partial charge < -0.3 is 19.1 Å². The summed E-state index contributed by atoms with van der Waals surface area (Å²) in [6.07, 6.45) is 2.47. The molecule has 8 heteroatoms. The SMILES string of the molecule is Cc1nonc1COc1ccccc1C(=O)N1CCC2(CC1)C[C@@H](Oc1ccccc1)CO2. The first-order chi connectivity index (χ1) is 16.1. The first-order valence-corrected chi connectivity index (χ1v) is 11.3. The second-order valence-corrected chi connectivity index (χ2v) is 8.62. The van der Waals surface area contributed by atoms with Crippen molar-refractivity contribution in [1.29, 1.82) is 0 Å². The van der Waals surface area contributed by atoms with Crippen molar-refractivity contribution in [3.8, 4) is 11.5 Å². The fraction of sp³-hybridized carbons (Fsp3) is 0.400. The van der Waals surface area contributed by atoms with Crippen molar-refractivity contribution in [2.75, 3.05) is 19.7 Å². The Morgan fingerprint density at radius 2 is 1.85 bits per heavy atom. The molecule has 3 aromatic rings. The molecule has 1 atom stereocenters. The number of ether oxygens (including phenoxy) is 3. The number of carbonyl (C=O) groups is 1. The Kier molecular flexibility index (Phi) is 6.00. The molecule has 8 nitrogen and oxygen atoms in total. The van der Waals surface area contributed by atoms with Crippen molar-refractivity contribution in [3.05, 3.63) is 71.5 Å². The van der Waals surface area contributed by atoms with E-state index in [9.17, 15) is 4.79 Å². The number of hydrogen-bond acceptors (Lipinski definition) is 7. The maximum Gasteiger partial charge on any atom is 0.257 e. The topological polar surface area (TPSA) is 86.9 Å². The number of para-hydroxylation sites is 2. The van der Waals surface area contributed by atoms with E-state index in [4.69, 9.17) is 18.8 Å². The Morgan fingerprint density at radius 1 is 1.09 bits per heavy atom. The molecule has 1 amide bonds. The first-order valence-electron chi connectivity index (χ1n) is 11.3. The van der Waals surface area contributed by atoms with Crippen LogP contribution < -0.4 is 9.47 Å². The maximum atomic E-state index is 13.3. The van der Waals surface area contributed by atoms with Crippen LogP contribution >= 0.6 is 0 Å². The van der Waals surface area contributed by atoms with Gasteiger partial charge in [0.2, 0.25) is 0 Å². The second-order valence-electron chi connectivity index (χ2n) is 8.62. The van der Waals surface area contributed by atoms with Gasteiger partial charge in [0.25, 0.3) is 5.91 Å². The smallest absolute Gasteiger partial charge is 0.257 e. The standard InChI is InChI=1S/C25H27N3O5/c1-18-22(27-33-26-18)17-30-23-10-6-5-9-21(23)24(29)28-13-11-25(12-14-28)15-20(16-31-25)32-19-7-3-2-4-8-19/h2-10,20H,11-17H2,1H3/t20-/m1/s1. The van der Waals surface area contributed by atoms with Crippen LogP contribution in [0, 0.1) is 6.92 Å². The van der Waals surface area contributed by atoms with Crippen molar-refractivity contribution >= 4 is 5.91 Å². The Bertz CT molecular complexity index is 1090. The van der Waals surface area contributed by atoms with Crippen molar-refractivity contribution in [3.63, 3.8) is 0 Å². The lowest BCUT2D eigenvalue weighted by molar-refractivity contribution is -0.0396. The number of aryl methyl sites for hydroxylation is 1. The van der Waals surface area contributed by atoms with Crippen LogP contribution in [0.15, 0.2) is 59.2 Å². The molecule has 0 unspecified atom stereocenters. The van der Waals surface area contributed by atoms with Gasteiger partial charge in [-0.15, -0.1) is 0 Å². The maximum absolute atomic E-state index is 13.3. The normalized spacial score (nSPS) is 19.5. The van der Waals surface area contributed by atoms with Crippen molar-refractivity contribution in [1.82, 2.24) is 15.2 Å². The lowest BCUT2D eigenvalue weighted by atomic mass is 9.87. The van der Waals surface area contributed by atoms with E-state index < -0.39 is 0 Å². The van der Waals surface area contributed by atoms with Crippen LogP contribution in [0.2, 0.25) is 0 Å². The number of carbonyl (C=O) groups excluding carboxylic acids is 1. The summed E-state index contributed by atoms with van der Waals surface area (Å²) in [7, 11) is 0. The van der Waals surface area contributed by atoms with E-state index >= 15 is 0 Å². The number of piperidine rings is 1. The Morgan fingerprint density at radius 3 is 2.61 bits per heavy atom. The molecule has 1 spiro atoms. The van der Waals surface area contributed by atoms with Crippen LogP contribution in [0.5, 0.6) is 11.5 Å². The number of aromatic nitrogens is 2. The zero-order valence-electron chi connectivity index (χ0n) is 18.6. The molecular weight excluding hydrogens is 422 g/mol. The molecule has 0 N–H and O–H groups in total. The minimum atomic E-state index is -0.219. The van der Waals surface area contributed by atoms with Gasteiger partial charge in [-0.05, 0) is 44.0 Å². The Labute approximate surface area is 192 Å². The van der Waals surface area contributed by atoms with Crippen LogP contribution in [0.25, 0.3) is 0 Å². The zero-order valence-corrected chi connectivity index (χ0v) is 18.6. The van der Waals surface area contributed by atoms with Gasteiger partial charge in [0.15, 0.2) is 0 Å². The highest BCUT2D eigenvalue weighted by atomic mass is 16.6. The summed E-state index contributed by atoms with van der Waals surface area (Å²) in [5.74, 6) is 1.35. The van der Waals surface area contributed by atoms with E-state index in [-0.39, 0.29) is 24.2 Å². The highest BCUT2D eigenvalue weighted by Gasteiger charge is 2.44. The highest BCUT2D eigenvalue weighted by Crippen LogP contribution is 2.38. The number of nitrogens with zero attached hydrogens (tertiary/aromatic N) is 3. The molecule has 0 bridgehead atoms. The summed E-state index contributed by atoms with van der Waals surface area (Å²) in [4.78, 5) is 15.2. The van der Waals surface area contributed by atoms with Crippen molar-refractivity contribution < 1.29 is 23.6 Å². The van der Waals surface area contributed by atoms with Gasteiger partial charge in [-0.2, -0.15) is 0 Å². The summed E-state index contributed by atoms with van der Waals surface area (Å²) >= 11 is 0. The van der Waals surface area contributed by atoms with Gasteiger partial charge in [-0.3, -0.25) is 4.79 Å². The number of amides is 1. The third kappa shape index (κ3) is 4.71. The summed E-state index contributed by atoms with van der Waals surface area (Å²) in [5, 5.41) is 7.60. The van der Waals surface area contributed by atoms with Crippen molar-refractivity contribution in [2.24, 2.45) is 0 Å². The lowest BCUT2D eigenvalue weighted by Gasteiger charge is -2.38. The van der Waals surface area contributed by atoms with E-state index in [0.717, 1.165) is 25.0 Å². The lowest BCUT2D eigenvalue weighted by Crippen LogP contribution is -2.46. The van der Waals surface area contributed by atoms with E-state index in [1.165, 1.54) is 0 Å². The molecule has 2 saturated heterocycles. The van der Waals surface area contributed by atoms with E-state index in [0.29, 0.717) is 42.4 Å². The Balaban J connectivity index is 1.19. The fourth-order valence-electron chi connectivity index (χ4n) is 4.50. The van der Waals surface area contributed by atoms with Gasteiger partial charge in [0.1, 0.15) is 35.6 Å². The third-order valence-corrected chi connectivity index (χ3v) is 6.41. The molecular formula is C25H27N3O5. The first kappa shape index (κ1) is 21.5. The molecule has 2 aromatic carbocycles. The fourth-order valence-corrected chi connectivity index (χ4v) is 4.50. The Hall–Kier alpha value is -3.39. The van der Waals surface area contributed by atoms with Crippen LogP contribution in [-0.4, -0.2) is 52.5 Å². The minimum Gasteiger partial charge on any atom is -0.488 e. The molecule has 2 aliphatic heterocycles. The molecule has 5 rings (SSSR count). The quantitative estimate of drug-likeness (QED) is 0.566. The number of rotatable bonds is 6. The molecule has 0 aliphatic carbocycles. The second kappa shape index (κ2) is 9.23. The van der Waals surface area contributed by atoms with Crippen LogP contribution in [-0.2, 0) is 11.3 Å². The minimum absolute atomic E-state index is 0.0365. The van der Waals surface area contributed by atoms with Gasteiger partial charge in [-0.1, -0.05) is 40.6 Å². The monoisotopic (exact) mass is 449 g/mol. The number of benzene rings is 2. The van der Waals surface area contributed by atoms with Crippen LogP contribution in [0.4, 0.5) is 0 Å². The van der Waals surface area contributed by atoms with Gasteiger partial charge in [-0.25, -0.2) is 4.63 Å². The molecule has 0 saturated carbocycles. The van der Waals surface area contributed by atoms with E-state index in [2.05, 4.69) is 10.3 Å². The average molecular weight is 450 g/mol. The largest absolute Gasteiger partial charge is 0.488 e. The number of likely N-dealkylation sites (tertiary alicyclic amines) is 1. The summed E-state index contributed by atoms with van der Waals surface area (Å²) < 4.78 is 22.9. The zero-order chi connectivity index (χ0) is 22.7. The van der Waals surface area contributed by atoms with Crippen LogP contribution in [0.1, 0.15) is 41.0 Å². The van der Waals surface area contributed by atoms with E-state index in [1.807, 2.05) is 47.4 Å². The summed E-state index contributed by atoms with van der Waals surface area (Å²) in [5.41, 5.74) is 1.61. The van der Waals surface area contributed by atoms with Crippen LogP contribution in [0.3, 0.4) is 0 Å². The molecule has 1 aromatic heterocycles. The predicted octanol–water partition coefficient (Wildman–Crippen LogP) is 3.80. The molecule has 33 heavy (non-hydrogen) atoms. The van der Waals surface area contributed by atoms with Gasteiger partial charge in [0.05, 0.1) is 17.8 Å². The summed E-state index contributed by atoms with van der Waals surface area (Å²) in [6.45, 7) is 3.85. The molecule has 3 heterocycles. The molecule has 0 radical (unpaired) electrons. The number of hydrogen-bond donors (Lipinski definition) is 0. The van der Waals surface area contributed by atoms with Gasteiger partial charge >= 0.3 is 0 Å². The van der Waals surface area contributed by atoms with Crippen molar-refractivity contribution in [2.45, 2.75) is 44.5 Å². The van der Waals surface area contributed by atoms with E-state index in [1.54, 1.807) is 19.1 Å². The predicted molar refractivity (Wildman–Crippen MR) is 119 cm³/mol. The highest BCUT2D eigenvalue weighted by molar-refractivity contribution is 5.97. The van der Waals surface area contributed by atoms with Gasteiger partial charge in [0, 0.05) is 19.5 Å². The average Bonchev–Trinajstić information content (AvgIpc) is 3.44. The summed E-state index contributed by atoms with van der Waals surface area (Å²) in [6, 6.07) is 17.1. The molecule has 2 fully saturated rings.